The lowest BCUT2D eigenvalue weighted by Gasteiger charge is -2.16. The van der Waals surface area contributed by atoms with Crippen molar-refractivity contribution in [3.63, 3.8) is 0 Å². The average molecular weight is 548 g/mol. The number of halogens is 2. The molecule has 4 nitrogen and oxygen atoms in total. The van der Waals surface area contributed by atoms with Crippen molar-refractivity contribution in [2.24, 2.45) is 4.99 Å². The van der Waals surface area contributed by atoms with Crippen molar-refractivity contribution < 1.29 is 9.59 Å². The molecule has 2 heterocycles. The van der Waals surface area contributed by atoms with Crippen LogP contribution in [0.4, 0.5) is 0 Å². The van der Waals surface area contributed by atoms with Gasteiger partial charge in [-0.2, -0.15) is 4.99 Å². The van der Waals surface area contributed by atoms with Gasteiger partial charge in [0.2, 0.25) is 0 Å². The summed E-state index contributed by atoms with van der Waals surface area (Å²) < 4.78 is 0. The molecule has 1 saturated heterocycles. The molecule has 0 radical (unpaired) electrons. The van der Waals surface area contributed by atoms with Crippen molar-refractivity contribution in [2.75, 3.05) is 13.1 Å². The summed E-state index contributed by atoms with van der Waals surface area (Å²) >= 11 is 13.6. The minimum atomic E-state index is -0.260. The lowest BCUT2D eigenvalue weighted by atomic mass is 9.93. The number of likely N-dealkylation sites (tertiary alicyclic amines) is 1. The van der Waals surface area contributed by atoms with Crippen LogP contribution in [0.25, 0.3) is 11.1 Å². The number of Topliss-reactive ketones (excluding diaryl/α,β-unsaturated/α-hetero) is 1. The highest BCUT2D eigenvalue weighted by Gasteiger charge is 2.30. The van der Waals surface area contributed by atoms with Crippen LogP contribution in [0.2, 0.25) is 10.0 Å². The maximum atomic E-state index is 13.3. The number of carbonyl (C=O) groups excluding carboxylic acids is 2. The molecule has 2 aliphatic rings. The molecule has 0 aliphatic carbocycles. The Balaban J connectivity index is 1.59. The first-order chi connectivity index (χ1) is 18.0. The first-order valence-corrected chi connectivity index (χ1v) is 13.7. The van der Waals surface area contributed by atoms with E-state index >= 15 is 0 Å². The number of benzene rings is 3. The van der Waals surface area contributed by atoms with Crippen molar-refractivity contribution in [2.45, 2.75) is 19.3 Å². The van der Waals surface area contributed by atoms with Gasteiger partial charge >= 0.3 is 0 Å². The van der Waals surface area contributed by atoms with Gasteiger partial charge in [-0.05, 0) is 83.8 Å². The summed E-state index contributed by atoms with van der Waals surface area (Å²) in [6, 6.07) is 24.1. The van der Waals surface area contributed by atoms with Crippen LogP contribution >= 0.6 is 35.0 Å². The summed E-state index contributed by atoms with van der Waals surface area (Å²) in [4.78, 5) is 33.6. The molecule has 5 rings (SSSR count). The van der Waals surface area contributed by atoms with Gasteiger partial charge in [0.25, 0.3) is 5.91 Å². The quantitative estimate of drug-likeness (QED) is 0.234. The zero-order valence-corrected chi connectivity index (χ0v) is 22.3. The third-order valence-electron chi connectivity index (χ3n) is 6.34. The maximum absolute atomic E-state index is 13.3. The number of hydrogen-bond donors (Lipinski definition) is 0. The van der Waals surface area contributed by atoms with Gasteiger partial charge in [0.05, 0.1) is 4.91 Å². The number of rotatable bonds is 6. The van der Waals surface area contributed by atoms with Gasteiger partial charge in [-0.25, -0.2) is 0 Å². The van der Waals surface area contributed by atoms with Crippen LogP contribution in [0.15, 0.2) is 94.8 Å². The van der Waals surface area contributed by atoms with E-state index in [1.807, 2.05) is 48.5 Å². The summed E-state index contributed by atoms with van der Waals surface area (Å²) in [5.74, 6) is -0.295. The van der Waals surface area contributed by atoms with Crippen LogP contribution in [0.3, 0.4) is 0 Å². The molecular formula is C30H24Cl2N2O2S. The van der Waals surface area contributed by atoms with E-state index in [-0.39, 0.29) is 18.1 Å². The number of thioether (sulfide) groups is 1. The van der Waals surface area contributed by atoms with E-state index in [1.165, 1.54) is 11.8 Å². The van der Waals surface area contributed by atoms with Gasteiger partial charge in [-0.1, -0.05) is 65.7 Å². The molecule has 1 amide bonds. The second kappa shape index (κ2) is 11.5. The van der Waals surface area contributed by atoms with Gasteiger partial charge in [-0.15, -0.1) is 0 Å². The van der Waals surface area contributed by atoms with Crippen molar-refractivity contribution >= 4 is 63.0 Å². The van der Waals surface area contributed by atoms with Crippen LogP contribution in [0, 0.1) is 0 Å². The smallest absolute Gasteiger partial charge is 0.286 e. The topological polar surface area (TPSA) is 49.7 Å². The van der Waals surface area contributed by atoms with E-state index < -0.39 is 0 Å². The fourth-order valence-corrected chi connectivity index (χ4v) is 5.69. The van der Waals surface area contributed by atoms with Gasteiger partial charge in [0.15, 0.2) is 11.0 Å². The van der Waals surface area contributed by atoms with Gasteiger partial charge in [0.1, 0.15) is 0 Å². The van der Waals surface area contributed by atoms with Gasteiger partial charge < -0.3 is 4.90 Å². The first kappa shape index (κ1) is 25.5. The SMILES string of the molecule is O=C1N=C(N2CCCC2)S/C1=C(/C=C(/CC(=O)c1ccc(Cl)cc1)c1ccccc1)c1ccc(Cl)cc1. The lowest BCUT2D eigenvalue weighted by molar-refractivity contribution is -0.113. The van der Waals surface area contributed by atoms with E-state index in [1.54, 1.807) is 36.4 Å². The fraction of sp³-hybridized carbons (Fsp3) is 0.167. The Hall–Kier alpha value is -3.12. The lowest BCUT2D eigenvalue weighted by Crippen LogP contribution is -2.23. The molecule has 0 saturated carbocycles. The Morgan fingerprint density at radius 3 is 2.05 bits per heavy atom. The standard InChI is InChI=1S/C30H24Cl2N2O2S/c31-24-12-8-21(9-13-24)26(28-29(36)33-30(37-28)34-16-4-5-17-34)18-23(20-6-2-1-3-7-20)19-27(35)22-10-14-25(32)15-11-22/h1-3,6-15,18H,4-5,16-17,19H2/b23-18-,28-26-. The summed E-state index contributed by atoms with van der Waals surface area (Å²) in [7, 11) is 0. The fourth-order valence-electron chi connectivity index (χ4n) is 4.39. The molecule has 0 unspecified atom stereocenters. The summed E-state index contributed by atoms with van der Waals surface area (Å²) in [5.41, 5.74) is 3.87. The number of hydrogen-bond acceptors (Lipinski definition) is 4. The summed E-state index contributed by atoms with van der Waals surface area (Å²) in [6.45, 7) is 1.81. The zero-order valence-electron chi connectivity index (χ0n) is 20.0. The monoisotopic (exact) mass is 546 g/mol. The Kier molecular flexibility index (Phi) is 7.94. The molecule has 0 atom stereocenters. The summed E-state index contributed by atoms with van der Waals surface area (Å²) in [6.07, 6.45) is 4.31. The third-order valence-corrected chi connectivity index (χ3v) is 7.98. The number of ketones is 1. The second-order valence-corrected chi connectivity index (χ2v) is 10.7. The number of nitrogens with zero attached hydrogens (tertiary/aromatic N) is 2. The van der Waals surface area contributed by atoms with Crippen LogP contribution in [-0.4, -0.2) is 34.8 Å². The van der Waals surface area contributed by atoms with Crippen molar-refractivity contribution in [3.05, 3.63) is 117 Å². The third kappa shape index (κ3) is 6.07. The Morgan fingerprint density at radius 1 is 0.838 bits per heavy atom. The molecule has 7 heteroatoms. The molecule has 1 fully saturated rings. The van der Waals surface area contributed by atoms with E-state index in [9.17, 15) is 9.59 Å². The van der Waals surface area contributed by atoms with Crippen molar-refractivity contribution in [1.29, 1.82) is 0 Å². The van der Waals surface area contributed by atoms with Crippen molar-refractivity contribution in [3.8, 4) is 0 Å². The van der Waals surface area contributed by atoms with Crippen LogP contribution in [0.1, 0.15) is 40.7 Å². The molecule has 37 heavy (non-hydrogen) atoms. The number of aliphatic imine (C=N–C) groups is 1. The zero-order chi connectivity index (χ0) is 25.8. The van der Waals surface area contributed by atoms with Gasteiger partial charge in [0, 0.05) is 40.7 Å². The average Bonchev–Trinajstić information content (AvgIpc) is 3.58. The molecule has 0 bridgehead atoms. The van der Waals surface area contributed by atoms with Crippen LogP contribution in [0.5, 0.6) is 0 Å². The largest absolute Gasteiger partial charge is 0.351 e. The van der Waals surface area contributed by atoms with E-state index in [4.69, 9.17) is 23.2 Å². The number of amides is 1. The molecule has 0 spiro atoms. The van der Waals surface area contributed by atoms with E-state index in [0.29, 0.717) is 20.5 Å². The Morgan fingerprint density at radius 2 is 1.43 bits per heavy atom. The predicted molar refractivity (Wildman–Crippen MR) is 154 cm³/mol. The summed E-state index contributed by atoms with van der Waals surface area (Å²) in [5, 5.41) is 1.93. The van der Waals surface area contributed by atoms with Crippen LogP contribution < -0.4 is 0 Å². The first-order valence-electron chi connectivity index (χ1n) is 12.1. The van der Waals surface area contributed by atoms with Gasteiger partial charge in [-0.3, -0.25) is 9.59 Å². The minimum Gasteiger partial charge on any atom is -0.351 e. The number of allylic oxidation sites excluding steroid dienone is 3. The minimum absolute atomic E-state index is 0.0355. The highest BCUT2D eigenvalue weighted by molar-refractivity contribution is 8.18. The molecule has 186 valence electrons. The molecule has 2 aliphatic heterocycles. The van der Waals surface area contributed by atoms with Crippen molar-refractivity contribution in [1.82, 2.24) is 4.90 Å². The second-order valence-electron chi connectivity index (χ2n) is 8.89. The van der Waals surface area contributed by atoms with E-state index in [0.717, 1.165) is 53.4 Å². The highest BCUT2D eigenvalue weighted by Crippen LogP contribution is 2.38. The molecular weight excluding hydrogens is 523 g/mol. The Labute approximate surface area is 230 Å². The Bertz CT molecular complexity index is 1410. The number of carbonyl (C=O) groups is 2. The van der Waals surface area contributed by atoms with E-state index in [2.05, 4.69) is 9.89 Å². The molecule has 3 aromatic carbocycles. The predicted octanol–water partition coefficient (Wildman–Crippen LogP) is 7.79. The van der Waals surface area contributed by atoms with Crippen LogP contribution in [-0.2, 0) is 4.79 Å². The number of amidine groups is 1. The molecule has 0 aromatic heterocycles. The maximum Gasteiger partial charge on any atom is 0.286 e. The molecule has 0 N–H and O–H groups in total. The normalized spacial score (nSPS) is 17.2. The highest BCUT2D eigenvalue weighted by atomic mass is 35.5. The molecule has 3 aromatic rings.